The van der Waals surface area contributed by atoms with Crippen LogP contribution in [0.5, 0.6) is 0 Å². The van der Waals surface area contributed by atoms with Gasteiger partial charge in [-0.3, -0.25) is 4.90 Å². The summed E-state index contributed by atoms with van der Waals surface area (Å²) in [6.45, 7) is 5.32. The lowest BCUT2D eigenvalue weighted by molar-refractivity contribution is 0.0958. The fourth-order valence-electron chi connectivity index (χ4n) is 3.18. The lowest BCUT2D eigenvalue weighted by Crippen LogP contribution is -2.55. The van der Waals surface area contributed by atoms with Crippen LogP contribution >= 0.6 is 0 Å². The van der Waals surface area contributed by atoms with E-state index in [-0.39, 0.29) is 23.6 Å². The first-order valence-electron chi connectivity index (χ1n) is 6.96. The Bertz CT molecular complexity index is 400. The fourth-order valence-corrected chi connectivity index (χ4v) is 5.10. The van der Waals surface area contributed by atoms with E-state index < -0.39 is 9.84 Å². The van der Waals surface area contributed by atoms with Crippen molar-refractivity contribution in [2.75, 3.05) is 44.2 Å². The van der Waals surface area contributed by atoms with Crippen molar-refractivity contribution in [3.05, 3.63) is 0 Å². The summed E-state index contributed by atoms with van der Waals surface area (Å²) in [5.74, 6) is 1.36. The van der Waals surface area contributed by atoms with Crippen LogP contribution in [0, 0.1) is 5.92 Å². The van der Waals surface area contributed by atoms with Crippen molar-refractivity contribution in [1.82, 2.24) is 9.80 Å². The van der Waals surface area contributed by atoms with Crippen molar-refractivity contribution in [1.29, 1.82) is 0 Å². The summed E-state index contributed by atoms with van der Waals surface area (Å²) in [5.41, 5.74) is 5.98. The number of nitrogens with two attached hydrogens (primary N) is 1. The van der Waals surface area contributed by atoms with Gasteiger partial charge in [-0.2, -0.15) is 0 Å². The lowest BCUT2D eigenvalue weighted by Gasteiger charge is -2.38. The molecule has 2 saturated heterocycles. The van der Waals surface area contributed by atoms with E-state index in [0.29, 0.717) is 0 Å². The van der Waals surface area contributed by atoms with Crippen LogP contribution < -0.4 is 5.73 Å². The Kier molecular flexibility index (Phi) is 3.38. The van der Waals surface area contributed by atoms with E-state index in [4.69, 9.17) is 5.73 Å². The molecule has 3 aliphatic rings. The summed E-state index contributed by atoms with van der Waals surface area (Å²) in [6, 6.07) is -0.136. The molecule has 0 aromatic carbocycles. The molecule has 0 bridgehead atoms. The Morgan fingerprint density at radius 2 is 1.72 bits per heavy atom. The molecule has 2 atom stereocenters. The molecule has 5 nitrogen and oxygen atoms in total. The van der Waals surface area contributed by atoms with Crippen molar-refractivity contribution >= 4 is 9.84 Å². The van der Waals surface area contributed by atoms with Gasteiger partial charge in [0.05, 0.1) is 11.5 Å². The molecule has 2 heterocycles. The molecule has 2 aliphatic heterocycles. The molecule has 104 valence electrons. The lowest BCUT2D eigenvalue weighted by atomic mass is 10.1. The average molecular weight is 273 g/mol. The van der Waals surface area contributed by atoms with Gasteiger partial charge in [0.25, 0.3) is 0 Å². The smallest absolute Gasteiger partial charge is 0.153 e. The minimum atomic E-state index is -2.90. The SMILES string of the molecule is NC1CS(=O)(=O)CC1N1CCN(CC2CC2)CC1. The zero-order chi connectivity index (χ0) is 12.8. The largest absolute Gasteiger partial charge is 0.325 e. The molecule has 0 aromatic rings. The maximum absolute atomic E-state index is 11.6. The third kappa shape index (κ3) is 2.87. The first kappa shape index (κ1) is 12.8. The fraction of sp³-hybridized carbons (Fsp3) is 1.00. The molecule has 0 radical (unpaired) electrons. The summed E-state index contributed by atoms with van der Waals surface area (Å²) in [7, 11) is -2.90. The molecule has 2 N–H and O–H groups in total. The van der Waals surface area contributed by atoms with Crippen LogP contribution in [-0.2, 0) is 9.84 Å². The van der Waals surface area contributed by atoms with E-state index in [1.54, 1.807) is 0 Å². The predicted molar refractivity (Wildman–Crippen MR) is 71.2 cm³/mol. The molecule has 3 fully saturated rings. The van der Waals surface area contributed by atoms with Crippen LogP contribution in [-0.4, -0.2) is 74.5 Å². The summed E-state index contributed by atoms with van der Waals surface area (Å²) >= 11 is 0. The highest BCUT2D eigenvalue weighted by Crippen LogP contribution is 2.30. The second-order valence-corrected chi connectivity index (χ2v) is 8.24. The molecule has 1 aliphatic carbocycles. The molecule has 0 amide bonds. The van der Waals surface area contributed by atoms with Gasteiger partial charge in [-0.15, -0.1) is 0 Å². The highest BCUT2D eigenvalue weighted by Gasteiger charge is 2.39. The van der Waals surface area contributed by atoms with Gasteiger partial charge >= 0.3 is 0 Å². The van der Waals surface area contributed by atoms with Gasteiger partial charge in [-0.1, -0.05) is 0 Å². The number of hydrogen-bond acceptors (Lipinski definition) is 5. The zero-order valence-corrected chi connectivity index (χ0v) is 11.6. The van der Waals surface area contributed by atoms with Crippen molar-refractivity contribution in [2.24, 2.45) is 11.7 Å². The Balaban J connectivity index is 1.52. The van der Waals surface area contributed by atoms with Crippen molar-refractivity contribution in [3.63, 3.8) is 0 Å². The van der Waals surface area contributed by atoms with Crippen LogP contribution in [0.1, 0.15) is 12.8 Å². The third-order valence-corrected chi connectivity index (χ3v) is 6.20. The minimum Gasteiger partial charge on any atom is -0.325 e. The van der Waals surface area contributed by atoms with E-state index >= 15 is 0 Å². The predicted octanol–water partition coefficient (Wildman–Crippen LogP) is -0.862. The topological polar surface area (TPSA) is 66.6 Å². The molecule has 18 heavy (non-hydrogen) atoms. The van der Waals surface area contributed by atoms with Gasteiger partial charge in [0.15, 0.2) is 9.84 Å². The standard InChI is InChI=1S/C12H23N3O2S/c13-11-8-18(16,17)9-12(11)15-5-3-14(4-6-15)7-10-1-2-10/h10-12H,1-9,13H2. The van der Waals surface area contributed by atoms with E-state index in [9.17, 15) is 8.42 Å². The maximum atomic E-state index is 11.6. The average Bonchev–Trinajstić information content (AvgIpc) is 3.06. The number of hydrogen-bond donors (Lipinski definition) is 1. The Morgan fingerprint density at radius 3 is 2.22 bits per heavy atom. The summed E-state index contributed by atoms with van der Waals surface area (Å²) < 4.78 is 23.2. The van der Waals surface area contributed by atoms with Crippen molar-refractivity contribution in [3.8, 4) is 0 Å². The van der Waals surface area contributed by atoms with Crippen LogP contribution in [0.4, 0.5) is 0 Å². The molecule has 2 unspecified atom stereocenters. The molecule has 6 heteroatoms. The van der Waals surface area contributed by atoms with Crippen LogP contribution in [0.2, 0.25) is 0 Å². The van der Waals surface area contributed by atoms with E-state index in [1.807, 2.05) is 0 Å². The normalized spacial score (nSPS) is 38.1. The quantitative estimate of drug-likeness (QED) is 0.725. The number of rotatable bonds is 3. The monoisotopic (exact) mass is 273 g/mol. The van der Waals surface area contributed by atoms with Crippen LogP contribution in [0.15, 0.2) is 0 Å². The Hall–Kier alpha value is -0.170. The summed E-state index contributed by atoms with van der Waals surface area (Å²) in [6.07, 6.45) is 2.79. The van der Waals surface area contributed by atoms with Crippen LogP contribution in [0.25, 0.3) is 0 Å². The van der Waals surface area contributed by atoms with Crippen molar-refractivity contribution in [2.45, 2.75) is 24.9 Å². The van der Waals surface area contributed by atoms with E-state index in [1.165, 1.54) is 19.4 Å². The van der Waals surface area contributed by atoms with Crippen LogP contribution in [0.3, 0.4) is 0 Å². The van der Waals surface area contributed by atoms with E-state index in [2.05, 4.69) is 9.80 Å². The maximum Gasteiger partial charge on any atom is 0.153 e. The molecular weight excluding hydrogens is 250 g/mol. The number of nitrogens with zero attached hydrogens (tertiary/aromatic N) is 2. The summed E-state index contributed by atoms with van der Waals surface area (Å²) in [4.78, 5) is 4.81. The molecule has 1 saturated carbocycles. The van der Waals surface area contributed by atoms with Crippen molar-refractivity contribution < 1.29 is 8.42 Å². The third-order valence-electron chi connectivity index (χ3n) is 4.45. The second-order valence-electron chi connectivity index (χ2n) is 6.09. The minimum absolute atomic E-state index is 0.0538. The van der Waals surface area contributed by atoms with Gasteiger partial charge < -0.3 is 10.6 Å². The molecule has 0 spiro atoms. The molecule has 0 aromatic heterocycles. The highest BCUT2D eigenvalue weighted by molar-refractivity contribution is 7.91. The van der Waals surface area contributed by atoms with Gasteiger partial charge in [0.1, 0.15) is 0 Å². The van der Waals surface area contributed by atoms with Gasteiger partial charge in [-0.25, -0.2) is 8.42 Å². The van der Waals surface area contributed by atoms with Gasteiger partial charge in [0, 0.05) is 44.8 Å². The van der Waals surface area contributed by atoms with Gasteiger partial charge in [0.2, 0.25) is 0 Å². The Morgan fingerprint density at radius 1 is 1.06 bits per heavy atom. The molecular formula is C12H23N3O2S. The highest BCUT2D eigenvalue weighted by atomic mass is 32.2. The summed E-state index contributed by atoms with van der Waals surface area (Å²) in [5, 5.41) is 0. The Labute approximate surface area is 109 Å². The van der Waals surface area contributed by atoms with E-state index in [0.717, 1.165) is 32.1 Å². The molecule has 3 rings (SSSR count). The first-order valence-corrected chi connectivity index (χ1v) is 8.78. The first-order chi connectivity index (χ1) is 8.53. The zero-order valence-electron chi connectivity index (χ0n) is 10.8. The number of piperazine rings is 1. The number of sulfone groups is 1. The van der Waals surface area contributed by atoms with Gasteiger partial charge in [-0.05, 0) is 18.8 Å². The second kappa shape index (κ2) is 4.74.